The normalized spacial score (nSPS) is 40.4. The molecule has 1 aromatic rings. The first kappa shape index (κ1) is 8.45. The topological polar surface area (TPSA) is 35.2 Å². The van der Waals surface area contributed by atoms with E-state index in [1.54, 1.807) is 0 Å². The lowest BCUT2D eigenvalue weighted by Crippen LogP contribution is -2.37. The molecule has 3 rings (SSSR count). The van der Waals surface area contributed by atoms with Crippen LogP contribution in [0.15, 0.2) is 30.3 Å². The summed E-state index contributed by atoms with van der Waals surface area (Å²) in [4.78, 5) is 0. The minimum absolute atomic E-state index is 0.228. The van der Waals surface area contributed by atoms with Gasteiger partial charge in [-0.3, -0.25) is 0 Å². The number of benzene rings is 1. The Morgan fingerprint density at radius 3 is 2.57 bits per heavy atom. The van der Waals surface area contributed by atoms with Gasteiger partial charge in [0.15, 0.2) is 0 Å². The van der Waals surface area contributed by atoms with E-state index in [1.807, 2.05) is 0 Å². The van der Waals surface area contributed by atoms with Gasteiger partial charge in [0.25, 0.3) is 0 Å². The summed E-state index contributed by atoms with van der Waals surface area (Å²) in [6.45, 7) is 0.857. The Morgan fingerprint density at radius 1 is 1.21 bits per heavy atom. The van der Waals surface area contributed by atoms with Crippen molar-refractivity contribution < 1.29 is 4.74 Å². The highest BCUT2D eigenvalue weighted by Gasteiger charge is 2.51. The molecule has 0 amide bonds. The third-order valence-electron chi connectivity index (χ3n) is 3.66. The summed E-state index contributed by atoms with van der Waals surface area (Å²) >= 11 is 0. The van der Waals surface area contributed by atoms with Gasteiger partial charge >= 0.3 is 0 Å². The SMILES string of the molecule is N[C@H]1C[C@@]2(c3ccccc3)CO[C@@H]1C2. The summed E-state index contributed by atoms with van der Waals surface area (Å²) in [6, 6.07) is 10.9. The molecule has 2 fully saturated rings. The van der Waals surface area contributed by atoms with Crippen molar-refractivity contribution in [2.45, 2.75) is 30.4 Å². The Balaban J connectivity index is 1.99. The van der Waals surface area contributed by atoms with Crippen LogP contribution in [-0.4, -0.2) is 18.8 Å². The van der Waals surface area contributed by atoms with E-state index < -0.39 is 0 Å². The van der Waals surface area contributed by atoms with Crippen LogP contribution >= 0.6 is 0 Å². The summed E-state index contributed by atoms with van der Waals surface area (Å²) < 4.78 is 5.70. The Bertz CT molecular complexity index is 333. The molecule has 1 aliphatic heterocycles. The van der Waals surface area contributed by atoms with Crippen LogP contribution in [0.5, 0.6) is 0 Å². The average molecular weight is 189 g/mol. The van der Waals surface area contributed by atoms with Crippen LogP contribution in [0.2, 0.25) is 0 Å². The highest BCUT2D eigenvalue weighted by Crippen LogP contribution is 2.47. The first-order valence-electron chi connectivity index (χ1n) is 5.23. The molecule has 0 radical (unpaired) electrons. The van der Waals surface area contributed by atoms with E-state index in [-0.39, 0.29) is 11.5 Å². The summed E-state index contributed by atoms with van der Waals surface area (Å²) in [7, 11) is 0. The van der Waals surface area contributed by atoms with Gasteiger partial charge in [-0.1, -0.05) is 30.3 Å². The van der Waals surface area contributed by atoms with E-state index in [4.69, 9.17) is 10.5 Å². The molecule has 14 heavy (non-hydrogen) atoms. The first-order valence-corrected chi connectivity index (χ1v) is 5.23. The van der Waals surface area contributed by atoms with E-state index in [1.165, 1.54) is 5.56 Å². The summed E-state index contributed by atoms with van der Waals surface area (Å²) in [5.74, 6) is 0. The standard InChI is InChI=1S/C12H15NO/c13-10-6-12(7-11(10)14-8-12)9-4-2-1-3-5-9/h1-5,10-11H,6-8,13H2/t10-,11+,12-/m0/s1. The zero-order valence-electron chi connectivity index (χ0n) is 8.15. The fourth-order valence-corrected chi connectivity index (χ4v) is 2.88. The molecule has 74 valence electrons. The number of rotatable bonds is 1. The van der Waals surface area contributed by atoms with Crippen molar-refractivity contribution in [1.29, 1.82) is 0 Å². The Hall–Kier alpha value is -0.860. The van der Waals surface area contributed by atoms with Gasteiger partial charge in [0.2, 0.25) is 0 Å². The maximum absolute atomic E-state index is 6.02. The van der Waals surface area contributed by atoms with E-state index in [0.717, 1.165) is 19.4 Å². The smallest absolute Gasteiger partial charge is 0.0736 e. The predicted molar refractivity (Wildman–Crippen MR) is 55.1 cm³/mol. The molecule has 3 atom stereocenters. The zero-order valence-corrected chi connectivity index (χ0v) is 8.15. The van der Waals surface area contributed by atoms with Gasteiger partial charge in [-0.05, 0) is 18.4 Å². The highest BCUT2D eigenvalue weighted by atomic mass is 16.5. The molecule has 2 bridgehead atoms. The molecule has 2 heteroatoms. The van der Waals surface area contributed by atoms with Gasteiger partial charge in [-0.15, -0.1) is 0 Å². The molecule has 1 heterocycles. The molecule has 0 unspecified atom stereocenters. The van der Waals surface area contributed by atoms with Gasteiger partial charge in [0.05, 0.1) is 12.7 Å². The Kier molecular flexibility index (Phi) is 1.70. The van der Waals surface area contributed by atoms with Crippen molar-refractivity contribution in [2.24, 2.45) is 5.73 Å². The fourth-order valence-electron chi connectivity index (χ4n) is 2.88. The molecule has 1 aliphatic carbocycles. The lowest BCUT2D eigenvalue weighted by molar-refractivity contribution is 0.0551. The maximum atomic E-state index is 6.02. The van der Waals surface area contributed by atoms with E-state index in [0.29, 0.717) is 6.10 Å². The quantitative estimate of drug-likeness (QED) is 0.725. The Labute approximate surface area is 84.1 Å². The van der Waals surface area contributed by atoms with Gasteiger partial charge in [-0.25, -0.2) is 0 Å². The molecular formula is C12H15NO. The van der Waals surface area contributed by atoms with Crippen molar-refractivity contribution in [2.75, 3.05) is 6.61 Å². The van der Waals surface area contributed by atoms with Gasteiger partial charge in [-0.2, -0.15) is 0 Å². The van der Waals surface area contributed by atoms with Gasteiger partial charge in [0, 0.05) is 11.5 Å². The van der Waals surface area contributed by atoms with Crippen LogP contribution in [0.3, 0.4) is 0 Å². The predicted octanol–water partition coefficient (Wildman–Crippen LogP) is 1.44. The van der Waals surface area contributed by atoms with Crippen LogP contribution in [0.25, 0.3) is 0 Å². The maximum Gasteiger partial charge on any atom is 0.0736 e. The zero-order chi connectivity index (χ0) is 9.60. The molecular weight excluding hydrogens is 174 g/mol. The lowest BCUT2D eigenvalue weighted by Gasteiger charge is -2.28. The second-order valence-electron chi connectivity index (χ2n) is 4.57. The second kappa shape index (κ2) is 2.81. The Morgan fingerprint density at radius 2 is 2.00 bits per heavy atom. The second-order valence-corrected chi connectivity index (χ2v) is 4.57. The van der Waals surface area contributed by atoms with E-state index >= 15 is 0 Å². The van der Waals surface area contributed by atoms with Crippen LogP contribution in [-0.2, 0) is 10.2 Å². The van der Waals surface area contributed by atoms with E-state index in [9.17, 15) is 0 Å². The van der Waals surface area contributed by atoms with Crippen molar-refractivity contribution in [3.05, 3.63) is 35.9 Å². The number of ether oxygens (including phenoxy) is 1. The van der Waals surface area contributed by atoms with Crippen molar-refractivity contribution in [1.82, 2.24) is 0 Å². The summed E-state index contributed by atoms with van der Waals surface area (Å²) in [6.07, 6.45) is 2.50. The van der Waals surface area contributed by atoms with Crippen molar-refractivity contribution in [3.63, 3.8) is 0 Å². The minimum Gasteiger partial charge on any atom is -0.376 e. The monoisotopic (exact) mass is 189 g/mol. The number of nitrogens with two attached hydrogens (primary N) is 1. The number of hydrogen-bond donors (Lipinski definition) is 1. The molecule has 0 spiro atoms. The average Bonchev–Trinajstić information content (AvgIpc) is 2.77. The number of fused-ring (bicyclic) bond motifs is 2. The molecule has 2 nitrogen and oxygen atoms in total. The molecule has 0 aromatic heterocycles. The first-order chi connectivity index (χ1) is 6.80. The summed E-state index contributed by atoms with van der Waals surface area (Å²) in [5.41, 5.74) is 7.64. The molecule has 1 aromatic carbocycles. The highest BCUT2D eigenvalue weighted by molar-refractivity contribution is 5.30. The lowest BCUT2D eigenvalue weighted by atomic mass is 9.80. The van der Waals surface area contributed by atoms with Crippen molar-refractivity contribution in [3.8, 4) is 0 Å². The van der Waals surface area contributed by atoms with Gasteiger partial charge < -0.3 is 10.5 Å². The van der Waals surface area contributed by atoms with Crippen LogP contribution in [0.4, 0.5) is 0 Å². The molecule has 2 aliphatic rings. The van der Waals surface area contributed by atoms with Crippen LogP contribution in [0.1, 0.15) is 18.4 Å². The molecule has 2 N–H and O–H groups in total. The van der Waals surface area contributed by atoms with Crippen LogP contribution < -0.4 is 5.73 Å². The number of hydrogen-bond acceptors (Lipinski definition) is 2. The minimum atomic E-state index is 0.228. The molecule has 1 saturated carbocycles. The largest absolute Gasteiger partial charge is 0.376 e. The van der Waals surface area contributed by atoms with E-state index in [2.05, 4.69) is 30.3 Å². The third-order valence-corrected chi connectivity index (χ3v) is 3.66. The third kappa shape index (κ3) is 1.04. The van der Waals surface area contributed by atoms with Crippen LogP contribution in [0, 0.1) is 0 Å². The summed E-state index contributed by atoms with van der Waals surface area (Å²) in [5, 5.41) is 0. The van der Waals surface area contributed by atoms with Gasteiger partial charge in [0.1, 0.15) is 0 Å². The molecule has 1 saturated heterocycles. The van der Waals surface area contributed by atoms with Crippen molar-refractivity contribution >= 4 is 0 Å². The fraction of sp³-hybridized carbons (Fsp3) is 0.500.